The number of hydrogen-bond donors (Lipinski definition) is 2. The molecule has 0 aliphatic carbocycles. The van der Waals surface area contributed by atoms with Crippen molar-refractivity contribution in [2.24, 2.45) is 0 Å². The van der Waals surface area contributed by atoms with E-state index in [4.69, 9.17) is 5.11 Å². The van der Waals surface area contributed by atoms with Crippen molar-refractivity contribution < 1.29 is 9.90 Å². The van der Waals surface area contributed by atoms with Crippen LogP contribution in [0.15, 0.2) is 17.8 Å². The Morgan fingerprint density at radius 3 is 3.11 bits per heavy atom. The number of nitrogens with zero attached hydrogens (tertiary/aromatic N) is 3. The highest BCUT2D eigenvalue weighted by Crippen LogP contribution is 2.16. The van der Waals surface area contributed by atoms with E-state index in [0.717, 1.165) is 29.5 Å². The molecule has 0 atom stereocenters. The van der Waals surface area contributed by atoms with Crippen LogP contribution in [0.3, 0.4) is 0 Å². The minimum atomic E-state index is -0.795. The molecule has 2 rings (SSSR count). The Morgan fingerprint density at radius 2 is 2.42 bits per heavy atom. The molecule has 2 N–H and O–H groups in total. The van der Waals surface area contributed by atoms with Gasteiger partial charge in [-0.2, -0.15) is 5.10 Å². The van der Waals surface area contributed by atoms with Gasteiger partial charge in [-0.3, -0.25) is 9.48 Å². The fraction of sp³-hybridized carbons (Fsp3) is 0.417. The molecule has 19 heavy (non-hydrogen) atoms. The molecule has 0 amide bonds. The largest absolute Gasteiger partial charge is 0.481 e. The van der Waals surface area contributed by atoms with Gasteiger partial charge in [0.15, 0.2) is 5.13 Å². The lowest BCUT2D eigenvalue weighted by molar-refractivity contribution is -0.136. The zero-order valence-electron chi connectivity index (χ0n) is 10.7. The number of nitrogens with one attached hydrogen (secondary N) is 1. The van der Waals surface area contributed by atoms with Gasteiger partial charge in [0.2, 0.25) is 0 Å². The Bertz CT molecular complexity index is 549. The molecule has 0 aliphatic rings. The first kappa shape index (κ1) is 13.5. The standard InChI is InChI=1S/C12H16N4O2S/c1-9-6-14-16(7-9)5-4-13-12-15-10(8-19-12)2-3-11(17)18/h6-8H,2-5H2,1H3,(H,13,15)(H,17,18). The molecule has 0 aliphatic heterocycles. The quantitative estimate of drug-likeness (QED) is 0.808. The van der Waals surface area contributed by atoms with Crippen LogP contribution in [-0.2, 0) is 17.8 Å². The second kappa shape index (κ2) is 6.33. The van der Waals surface area contributed by atoms with E-state index in [1.54, 1.807) is 0 Å². The average Bonchev–Trinajstić information content (AvgIpc) is 2.96. The molecule has 102 valence electrons. The van der Waals surface area contributed by atoms with Crippen LogP contribution in [0.2, 0.25) is 0 Å². The van der Waals surface area contributed by atoms with Gasteiger partial charge in [-0.15, -0.1) is 11.3 Å². The van der Waals surface area contributed by atoms with Crippen LogP contribution < -0.4 is 5.32 Å². The fourth-order valence-corrected chi connectivity index (χ4v) is 2.38. The molecule has 0 radical (unpaired) electrons. The van der Waals surface area contributed by atoms with Crippen molar-refractivity contribution in [3.8, 4) is 0 Å². The van der Waals surface area contributed by atoms with Crippen molar-refractivity contribution in [3.05, 3.63) is 29.0 Å². The molecular formula is C12H16N4O2S. The molecule has 0 fully saturated rings. The second-order valence-electron chi connectivity index (χ2n) is 4.25. The van der Waals surface area contributed by atoms with Gasteiger partial charge in [0, 0.05) is 24.5 Å². The van der Waals surface area contributed by atoms with Crippen molar-refractivity contribution in [1.82, 2.24) is 14.8 Å². The third-order valence-electron chi connectivity index (χ3n) is 2.53. The van der Waals surface area contributed by atoms with E-state index in [-0.39, 0.29) is 6.42 Å². The number of hydrogen-bond acceptors (Lipinski definition) is 5. The Balaban J connectivity index is 1.75. The van der Waals surface area contributed by atoms with Gasteiger partial charge in [-0.05, 0) is 12.5 Å². The smallest absolute Gasteiger partial charge is 0.303 e. The van der Waals surface area contributed by atoms with Crippen LogP contribution in [0.5, 0.6) is 0 Å². The number of aromatic nitrogens is 3. The number of carboxylic acids is 1. The molecule has 6 nitrogen and oxygen atoms in total. The number of anilines is 1. The van der Waals surface area contributed by atoms with Gasteiger partial charge in [0.05, 0.1) is 24.9 Å². The summed E-state index contributed by atoms with van der Waals surface area (Å²) in [5, 5.41) is 18.7. The first-order valence-electron chi connectivity index (χ1n) is 6.02. The maximum Gasteiger partial charge on any atom is 0.303 e. The van der Waals surface area contributed by atoms with Gasteiger partial charge in [-0.1, -0.05) is 0 Å². The van der Waals surface area contributed by atoms with E-state index in [1.165, 1.54) is 11.3 Å². The SMILES string of the molecule is Cc1cnn(CCNc2nc(CCC(=O)O)cs2)c1. The van der Waals surface area contributed by atoms with Gasteiger partial charge in [-0.25, -0.2) is 4.98 Å². The third-order valence-corrected chi connectivity index (χ3v) is 3.38. The van der Waals surface area contributed by atoms with Crippen LogP contribution in [0.4, 0.5) is 5.13 Å². The number of carbonyl (C=O) groups is 1. The summed E-state index contributed by atoms with van der Waals surface area (Å²) < 4.78 is 1.88. The highest BCUT2D eigenvalue weighted by Gasteiger charge is 2.04. The zero-order chi connectivity index (χ0) is 13.7. The van der Waals surface area contributed by atoms with E-state index in [0.29, 0.717) is 6.42 Å². The molecule has 0 spiro atoms. The van der Waals surface area contributed by atoms with Crippen LogP contribution in [-0.4, -0.2) is 32.4 Å². The minimum absolute atomic E-state index is 0.121. The summed E-state index contributed by atoms with van der Waals surface area (Å²) in [4.78, 5) is 14.8. The number of aliphatic carboxylic acids is 1. The van der Waals surface area contributed by atoms with Gasteiger partial charge in [0.25, 0.3) is 0 Å². The molecule has 0 aromatic carbocycles. The highest BCUT2D eigenvalue weighted by molar-refractivity contribution is 7.13. The monoisotopic (exact) mass is 280 g/mol. The first-order chi connectivity index (χ1) is 9.13. The molecule has 0 bridgehead atoms. The molecule has 0 saturated heterocycles. The highest BCUT2D eigenvalue weighted by atomic mass is 32.1. The Kier molecular flexibility index (Phi) is 4.51. The van der Waals surface area contributed by atoms with Gasteiger partial charge in [0.1, 0.15) is 0 Å². The van der Waals surface area contributed by atoms with Crippen molar-refractivity contribution in [3.63, 3.8) is 0 Å². The maximum absolute atomic E-state index is 10.5. The van der Waals surface area contributed by atoms with Crippen molar-refractivity contribution in [1.29, 1.82) is 0 Å². The van der Waals surface area contributed by atoms with Crippen LogP contribution >= 0.6 is 11.3 Å². The van der Waals surface area contributed by atoms with Crippen LogP contribution in [0, 0.1) is 6.92 Å². The maximum atomic E-state index is 10.5. The van der Waals surface area contributed by atoms with E-state index < -0.39 is 5.97 Å². The Hall–Kier alpha value is -1.89. The van der Waals surface area contributed by atoms with Crippen molar-refractivity contribution >= 4 is 22.4 Å². The zero-order valence-corrected chi connectivity index (χ0v) is 11.5. The summed E-state index contributed by atoms with van der Waals surface area (Å²) in [5.41, 5.74) is 1.97. The lowest BCUT2D eigenvalue weighted by Gasteiger charge is -2.02. The van der Waals surface area contributed by atoms with Crippen molar-refractivity contribution in [2.75, 3.05) is 11.9 Å². The van der Waals surface area contributed by atoms with Gasteiger partial charge >= 0.3 is 5.97 Å². The van der Waals surface area contributed by atoms with Crippen LogP contribution in [0.1, 0.15) is 17.7 Å². The first-order valence-corrected chi connectivity index (χ1v) is 6.90. The fourth-order valence-electron chi connectivity index (χ4n) is 1.60. The molecular weight excluding hydrogens is 264 g/mol. The molecule has 0 saturated carbocycles. The summed E-state index contributed by atoms with van der Waals surface area (Å²) in [5.74, 6) is -0.795. The molecule has 0 unspecified atom stereocenters. The van der Waals surface area contributed by atoms with E-state index in [1.807, 2.05) is 29.4 Å². The van der Waals surface area contributed by atoms with E-state index in [2.05, 4.69) is 15.4 Å². The average molecular weight is 280 g/mol. The second-order valence-corrected chi connectivity index (χ2v) is 5.10. The summed E-state index contributed by atoms with van der Waals surface area (Å²) in [7, 11) is 0. The Labute approximate surface area is 115 Å². The number of aryl methyl sites for hydroxylation is 2. The van der Waals surface area contributed by atoms with Gasteiger partial charge < -0.3 is 10.4 Å². The molecule has 2 aromatic heterocycles. The topological polar surface area (TPSA) is 80.0 Å². The lowest BCUT2D eigenvalue weighted by Crippen LogP contribution is -2.10. The lowest BCUT2D eigenvalue weighted by atomic mass is 10.2. The Morgan fingerprint density at radius 1 is 1.58 bits per heavy atom. The molecule has 2 aromatic rings. The predicted octanol–water partition coefficient (Wildman–Crippen LogP) is 1.78. The normalized spacial score (nSPS) is 10.6. The molecule has 2 heterocycles. The minimum Gasteiger partial charge on any atom is -0.481 e. The summed E-state index contributed by atoms with van der Waals surface area (Å²) in [6.45, 7) is 3.53. The molecule has 7 heteroatoms. The summed E-state index contributed by atoms with van der Waals surface area (Å²) in [6.07, 6.45) is 4.41. The predicted molar refractivity (Wildman–Crippen MR) is 73.5 cm³/mol. The third kappa shape index (κ3) is 4.36. The summed E-state index contributed by atoms with van der Waals surface area (Å²) in [6, 6.07) is 0. The van der Waals surface area contributed by atoms with E-state index in [9.17, 15) is 4.79 Å². The van der Waals surface area contributed by atoms with Crippen molar-refractivity contribution in [2.45, 2.75) is 26.3 Å². The number of thiazole rings is 1. The van der Waals surface area contributed by atoms with Crippen LogP contribution in [0.25, 0.3) is 0 Å². The number of carboxylic acid groups (broad SMARTS) is 1. The number of rotatable bonds is 7. The summed E-state index contributed by atoms with van der Waals surface area (Å²) >= 11 is 1.50. The van der Waals surface area contributed by atoms with E-state index >= 15 is 0 Å².